The number of hydrogen-bond donors (Lipinski definition) is 1. The zero-order valence-electron chi connectivity index (χ0n) is 12.7. The smallest absolute Gasteiger partial charge is 0.142 e. The van der Waals surface area contributed by atoms with E-state index in [1.54, 1.807) is 0 Å². The highest BCUT2D eigenvalue weighted by atomic mass is 35.5. The van der Waals surface area contributed by atoms with Crippen molar-refractivity contribution in [1.29, 1.82) is 0 Å². The van der Waals surface area contributed by atoms with Crippen LogP contribution in [0.25, 0.3) is 0 Å². The van der Waals surface area contributed by atoms with E-state index in [1.807, 2.05) is 12.1 Å². The minimum atomic E-state index is 0.275. The van der Waals surface area contributed by atoms with Gasteiger partial charge in [0.25, 0.3) is 0 Å². The number of halogens is 1. The lowest BCUT2D eigenvalue weighted by atomic mass is 9.93. The van der Waals surface area contributed by atoms with E-state index in [-0.39, 0.29) is 5.41 Å². The summed E-state index contributed by atoms with van der Waals surface area (Å²) in [5, 5.41) is 4.09. The fourth-order valence-corrected chi connectivity index (χ4v) is 1.88. The zero-order chi connectivity index (χ0) is 14.5. The van der Waals surface area contributed by atoms with E-state index in [4.69, 9.17) is 16.3 Å². The molecule has 0 radical (unpaired) electrons. The molecule has 1 aromatic carbocycles. The van der Waals surface area contributed by atoms with Crippen molar-refractivity contribution in [2.45, 2.75) is 53.6 Å². The Morgan fingerprint density at radius 1 is 1.26 bits per heavy atom. The maximum atomic E-state index is 6.24. The maximum Gasteiger partial charge on any atom is 0.142 e. The molecule has 0 amide bonds. The molecule has 0 atom stereocenters. The lowest BCUT2D eigenvalue weighted by Gasteiger charge is -2.20. The molecule has 0 saturated heterocycles. The van der Waals surface area contributed by atoms with Gasteiger partial charge in [0, 0.05) is 18.2 Å². The van der Waals surface area contributed by atoms with Crippen molar-refractivity contribution < 1.29 is 4.74 Å². The van der Waals surface area contributed by atoms with Gasteiger partial charge in [-0.3, -0.25) is 0 Å². The largest absolute Gasteiger partial charge is 0.492 e. The number of para-hydroxylation sites is 1. The number of ether oxygens (including phenoxy) is 1. The van der Waals surface area contributed by atoms with E-state index in [9.17, 15) is 0 Å². The number of nitrogens with one attached hydrogen (secondary N) is 1. The van der Waals surface area contributed by atoms with Gasteiger partial charge in [-0.25, -0.2) is 0 Å². The molecule has 0 aliphatic rings. The summed E-state index contributed by atoms with van der Waals surface area (Å²) >= 11 is 6.24. The van der Waals surface area contributed by atoms with Crippen molar-refractivity contribution in [2.75, 3.05) is 6.61 Å². The molecular formula is C16H26ClNO. The van der Waals surface area contributed by atoms with Crippen LogP contribution in [-0.2, 0) is 6.54 Å². The van der Waals surface area contributed by atoms with Crippen molar-refractivity contribution in [2.24, 2.45) is 5.41 Å². The first-order valence-electron chi connectivity index (χ1n) is 6.93. The summed E-state index contributed by atoms with van der Waals surface area (Å²) in [6.07, 6.45) is 1.01. The fourth-order valence-electron chi connectivity index (χ4n) is 1.63. The van der Waals surface area contributed by atoms with Crippen molar-refractivity contribution >= 4 is 11.6 Å². The summed E-state index contributed by atoms with van der Waals surface area (Å²) in [7, 11) is 0. The molecule has 0 heterocycles. The number of rotatable bonds is 6. The first kappa shape index (κ1) is 16.3. The summed E-state index contributed by atoms with van der Waals surface area (Å²) in [5.74, 6) is 0.821. The summed E-state index contributed by atoms with van der Waals surface area (Å²) in [6, 6.07) is 6.36. The van der Waals surface area contributed by atoms with E-state index in [0.29, 0.717) is 17.7 Å². The van der Waals surface area contributed by atoms with E-state index in [2.05, 4.69) is 46.0 Å². The van der Waals surface area contributed by atoms with Crippen LogP contribution >= 0.6 is 11.6 Å². The SMILES string of the molecule is CC(C)NCc1cccc(Cl)c1OCCC(C)(C)C. The Labute approximate surface area is 122 Å². The zero-order valence-corrected chi connectivity index (χ0v) is 13.5. The molecule has 1 N–H and O–H groups in total. The predicted octanol–water partition coefficient (Wildman–Crippen LogP) is 4.65. The Kier molecular flexibility index (Phi) is 6.15. The Bertz CT molecular complexity index is 396. The molecule has 1 rings (SSSR count). The second-order valence-electron chi connectivity index (χ2n) is 6.42. The fraction of sp³-hybridized carbons (Fsp3) is 0.625. The summed E-state index contributed by atoms with van der Waals surface area (Å²) in [4.78, 5) is 0. The normalized spacial score (nSPS) is 11.9. The van der Waals surface area contributed by atoms with E-state index < -0.39 is 0 Å². The molecule has 2 nitrogen and oxygen atoms in total. The van der Waals surface area contributed by atoms with E-state index in [1.165, 1.54) is 0 Å². The van der Waals surface area contributed by atoms with Crippen molar-refractivity contribution in [3.63, 3.8) is 0 Å². The van der Waals surface area contributed by atoms with Crippen LogP contribution in [0.5, 0.6) is 5.75 Å². The van der Waals surface area contributed by atoms with Gasteiger partial charge < -0.3 is 10.1 Å². The average molecular weight is 284 g/mol. The molecule has 0 aliphatic heterocycles. The van der Waals surface area contributed by atoms with Gasteiger partial charge in [0.1, 0.15) is 5.75 Å². The minimum Gasteiger partial charge on any atom is -0.492 e. The number of hydrogen-bond acceptors (Lipinski definition) is 2. The van der Waals surface area contributed by atoms with Crippen LogP contribution in [0.3, 0.4) is 0 Å². The minimum absolute atomic E-state index is 0.275. The van der Waals surface area contributed by atoms with Crippen molar-refractivity contribution in [1.82, 2.24) is 5.32 Å². The third-order valence-corrected chi connectivity index (χ3v) is 3.15. The van der Waals surface area contributed by atoms with Crippen LogP contribution in [-0.4, -0.2) is 12.6 Å². The van der Waals surface area contributed by atoms with Gasteiger partial charge >= 0.3 is 0 Å². The molecular weight excluding hydrogens is 258 g/mol. The van der Waals surface area contributed by atoms with Gasteiger partial charge in [-0.2, -0.15) is 0 Å². The third kappa shape index (κ3) is 6.31. The quantitative estimate of drug-likeness (QED) is 0.820. The Morgan fingerprint density at radius 2 is 1.95 bits per heavy atom. The number of benzene rings is 1. The second kappa shape index (κ2) is 7.16. The summed E-state index contributed by atoms with van der Waals surface area (Å²) in [6.45, 7) is 12.4. The first-order valence-corrected chi connectivity index (χ1v) is 7.31. The lowest BCUT2D eigenvalue weighted by molar-refractivity contribution is 0.241. The molecule has 0 unspecified atom stereocenters. The van der Waals surface area contributed by atoms with Gasteiger partial charge in [-0.1, -0.05) is 58.4 Å². The maximum absolute atomic E-state index is 6.24. The molecule has 0 aromatic heterocycles. The van der Waals surface area contributed by atoms with Crippen LogP contribution in [0.1, 0.15) is 46.6 Å². The predicted molar refractivity (Wildman–Crippen MR) is 83.0 cm³/mol. The highest BCUT2D eigenvalue weighted by molar-refractivity contribution is 6.32. The monoisotopic (exact) mass is 283 g/mol. The van der Waals surface area contributed by atoms with Crippen LogP contribution in [0, 0.1) is 5.41 Å². The Morgan fingerprint density at radius 3 is 2.53 bits per heavy atom. The van der Waals surface area contributed by atoms with Gasteiger partial charge in [-0.05, 0) is 17.9 Å². The van der Waals surface area contributed by atoms with Crippen molar-refractivity contribution in [3.8, 4) is 5.75 Å². The molecule has 0 saturated carbocycles. The molecule has 3 heteroatoms. The van der Waals surface area contributed by atoms with Gasteiger partial charge in [0.05, 0.1) is 11.6 Å². The van der Waals surface area contributed by atoms with Crippen molar-refractivity contribution in [3.05, 3.63) is 28.8 Å². The molecule has 0 fully saturated rings. The standard InChI is InChI=1S/C16H26ClNO/c1-12(2)18-11-13-7-6-8-14(17)15(13)19-10-9-16(3,4)5/h6-8,12,18H,9-11H2,1-5H3. The van der Waals surface area contributed by atoms with Crippen LogP contribution in [0.2, 0.25) is 5.02 Å². The molecule has 0 spiro atoms. The third-order valence-electron chi connectivity index (χ3n) is 2.85. The Balaban J connectivity index is 2.69. The van der Waals surface area contributed by atoms with Crippen LogP contribution in [0.15, 0.2) is 18.2 Å². The van der Waals surface area contributed by atoms with Crippen LogP contribution < -0.4 is 10.1 Å². The highest BCUT2D eigenvalue weighted by Gasteiger charge is 2.13. The van der Waals surface area contributed by atoms with E-state index >= 15 is 0 Å². The van der Waals surface area contributed by atoms with Gasteiger partial charge in [-0.15, -0.1) is 0 Å². The molecule has 19 heavy (non-hydrogen) atoms. The average Bonchev–Trinajstić information content (AvgIpc) is 2.27. The highest BCUT2D eigenvalue weighted by Crippen LogP contribution is 2.29. The molecule has 0 bridgehead atoms. The van der Waals surface area contributed by atoms with Gasteiger partial charge in [0.15, 0.2) is 0 Å². The summed E-state index contributed by atoms with van der Waals surface area (Å²) < 4.78 is 5.90. The topological polar surface area (TPSA) is 21.3 Å². The molecule has 0 aliphatic carbocycles. The second-order valence-corrected chi connectivity index (χ2v) is 6.83. The summed E-state index contributed by atoms with van der Waals surface area (Å²) in [5.41, 5.74) is 1.40. The van der Waals surface area contributed by atoms with E-state index in [0.717, 1.165) is 24.3 Å². The lowest BCUT2D eigenvalue weighted by Crippen LogP contribution is -2.22. The molecule has 1 aromatic rings. The van der Waals surface area contributed by atoms with Gasteiger partial charge in [0.2, 0.25) is 0 Å². The molecule has 108 valence electrons. The first-order chi connectivity index (χ1) is 8.79. The Hall–Kier alpha value is -0.730. The van der Waals surface area contributed by atoms with Crippen LogP contribution in [0.4, 0.5) is 0 Å².